The summed E-state index contributed by atoms with van der Waals surface area (Å²) >= 11 is 0. The highest BCUT2D eigenvalue weighted by Crippen LogP contribution is 2.17. The molecule has 1 atom stereocenters. The van der Waals surface area contributed by atoms with Crippen LogP contribution in [0.4, 0.5) is 0 Å². The molecule has 0 saturated carbocycles. The number of nitrogens with zero attached hydrogens (tertiary/aromatic N) is 3. The van der Waals surface area contributed by atoms with Crippen molar-refractivity contribution in [2.24, 2.45) is 5.92 Å². The first-order chi connectivity index (χ1) is 8.25. The van der Waals surface area contributed by atoms with Gasteiger partial charge in [-0.3, -0.25) is 4.79 Å². The van der Waals surface area contributed by atoms with E-state index < -0.39 is 0 Å². The first-order valence-electron chi connectivity index (χ1n) is 6.44. The van der Waals surface area contributed by atoms with E-state index in [0.29, 0.717) is 5.78 Å². The van der Waals surface area contributed by atoms with Gasteiger partial charge in [0.1, 0.15) is 5.78 Å². The molecule has 0 bridgehead atoms. The third-order valence-electron chi connectivity index (χ3n) is 3.53. The van der Waals surface area contributed by atoms with Gasteiger partial charge < -0.3 is 9.47 Å². The number of hydrogen-bond donors (Lipinski definition) is 0. The molecule has 1 unspecified atom stereocenters. The summed E-state index contributed by atoms with van der Waals surface area (Å²) in [5, 5.41) is 0. The Kier molecular flexibility index (Phi) is 4.31. The minimum atomic E-state index is 0.275. The van der Waals surface area contributed by atoms with Crippen molar-refractivity contribution in [3.05, 3.63) is 18.7 Å². The molecule has 1 fully saturated rings. The Labute approximate surface area is 103 Å². The molecule has 17 heavy (non-hydrogen) atoms. The molecule has 0 aromatic carbocycles. The lowest BCUT2D eigenvalue weighted by Gasteiger charge is -2.31. The number of ketones is 1. The summed E-state index contributed by atoms with van der Waals surface area (Å²) in [5.41, 5.74) is 0. The second kappa shape index (κ2) is 5.96. The Bertz CT molecular complexity index is 348. The van der Waals surface area contributed by atoms with Gasteiger partial charge in [0.2, 0.25) is 0 Å². The average molecular weight is 235 g/mol. The molecule has 1 saturated heterocycles. The molecule has 1 aliphatic heterocycles. The lowest BCUT2D eigenvalue weighted by molar-refractivity contribution is -0.122. The lowest BCUT2D eigenvalue weighted by atomic mass is 9.94. The number of carbonyl (C=O) groups is 1. The number of Topliss-reactive ketones (excluding diaryl/α,β-unsaturated/α-hetero) is 1. The van der Waals surface area contributed by atoms with Crippen molar-refractivity contribution in [3.63, 3.8) is 0 Å². The third kappa shape index (κ3) is 3.66. The molecule has 0 aliphatic carbocycles. The number of likely N-dealkylation sites (tertiary alicyclic amines) is 1. The van der Waals surface area contributed by atoms with Gasteiger partial charge in [-0.25, -0.2) is 4.98 Å². The van der Waals surface area contributed by atoms with Crippen LogP contribution in [0.25, 0.3) is 0 Å². The summed E-state index contributed by atoms with van der Waals surface area (Å²) in [4.78, 5) is 17.8. The quantitative estimate of drug-likeness (QED) is 0.777. The molecule has 94 valence electrons. The second-order valence-electron chi connectivity index (χ2n) is 4.90. The summed E-state index contributed by atoms with van der Waals surface area (Å²) in [6.07, 6.45) is 9.03. The van der Waals surface area contributed by atoms with Crippen LogP contribution < -0.4 is 0 Å². The van der Waals surface area contributed by atoms with Crippen molar-refractivity contribution in [2.45, 2.75) is 32.7 Å². The summed E-state index contributed by atoms with van der Waals surface area (Å²) in [7, 11) is 0. The van der Waals surface area contributed by atoms with E-state index in [1.165, 1.54) is 0 Å². The van der Waals surface area contributed by atoms with E-state index in [4.69, 9.17) is 0 Å². The van der Waals surface area contributed by atoms with Gasteiger partial charge in [-0.1, -0.05) is 0 Å². The highest BCUT2D eigenvalue weighted by molar-refractivity contribution is 5.78. The van der Waals surface area contributed by atoms with Crippen molar-refractivity contribution in [1.29, 1.82) is 0 Å². The highest BCUT2D eigenvalue weighted by atomic mass is 16.1. The molecule has 1 aromatic heterocycles. The van der Waals surface area contributed by atoms with Crippen LogP contribution in [0.15, 0.2) is 18.7 Å². The van der Waals surface area contributed by atoms with Crippen LogP contribution in [0.1, 0.15) is 26.2 Å². The van der Waals surface area contributed by atoms with Crippen LogP contribution in [0, 0.1) is 5.92 Å². The Morgan fingerprint density at radius 2 is 2.35 bits per heavy atom. The van der Waals surface area contributed by atoms with E-state index in [2.05, 4.69) is 14.5 Å². The molecule has 1 aliphatic rings. The average Bonchev–Trinajstić information content (AvgIpc) is 2.82. The van der Waals surface area contributed by atoms with Gasteiger partial charge in [0.25, 0.3) is 0 Å². The van der Waals surface area contributed by atoms with Crippen molar-refractivity contribution >= 4 is 5.78 Å². The molecule has 0 spiro atoms. The SMILES string of the molecule is CC(=O)C1CCCN(CCCn2ccnc2)C1. The monoisotopic (exact) mass is 235 g/mol. The summed E-state index contributed by atoms with van der Waals surface area (Å²) in [6, 6.07) is 0. The molecule has 0 N–H and O–H groups in total. The molecule has 0 amide bonds. The first-order valence-corrected chi connectivity index (χ1v) is 6.44. The van der Waals surface area contributed by atoms with Gasteiger partial charge >= 0.3 is 0 Å². The number of hydrogen-bond acceptors (Lipinski definition) is 3. The molecule has 4 heteroatoms. The Morgan fingerprint density at radius 1 is 1.47 bits per heavy atom. The Balaban J connectivity index is 1.70. The van der Waals surface area contributed by atoms with Crippen molar-refractivity contribution in [2.75, 3.05) is 19.6 Å². The normalized spacial score (nSPS) is 21.6. The minimum Gasteiger partial charge on any atom is -0.337 e. The van der Waals surface area contributed by atoms with Gasteiger partial charge in [-0.05, 0) is 39.3 Å². The standard InChI is InChI=1S/C13H21N3O/c1-12(17)13-4-2-6-15(10-13)7-3-8-16-9-5-14-11-16/h5,9,11,13H,2-4,6-8,10H2,1H3. The molecule has 2 heterocycles. The second-order valence-corrected chi connectivity index (χ2v) is 4.90. The van der Waals surface area contributed by atoms with Gasteiger partial charge in [-0.2, -0.15) is 0 Å². The fourth-order valence-corrected chi connectivity index (χ4v) is 2.49. The number of aryl methyl sites for hydroxylation is 1. The smallest absolute Gasteiger partial charge is 0.134 e. The fourth-order valence-electron chi connectivity index (χ4n) is 2.49. The fraction of sp³-hybridized carbons (Fsp3) is 0.692. The summed E-state index contributed by atoms with van der Waals surface area (Å²) < 4.78 is 2.10. The van der Waals surface area contributed by atoms with Crippen LogP contribution >= 0.6 is 0 Å². The van der Waals surface area contributed by atoms with Crippen LogP contribution in [0.5, 0.6) is 0 Å². The van der Waals surface area contributed by atoms with Crippen molar-refractivity contribution in [3.8, 4) is 0 Å². The predicted octanol–water partition coefficient (Wildman–Crippen LogP) is 1.57. The molecule has 0 radical (unpaired) electrons. The number of rotatable bonds is 5. The van der Waals surface area contributed by atoms with E-state index in [1.807, 2.05) is 18.7 Å². The van der Waals surface area contributed by atoms with Crippen LogP contribution in [0.2, 0.25) is 0 Å². The molecule has 4 nitrogen and oxygen atoms in total. The first kappa shape index (κ1) is 12.3. The van der Waals surface area contributed by atoms with Crippen LogP contribution in [-0.4, -0.2) is 39.9 Å². The maximum Gasteiger partial charge on any atom is 0.134 e. The summed E-state index contributed by atoms with van der Waals surface area (Å²) in [6.45, 7) is 5.93. The Hall–Kier alpha value is -1.16. The maximum atomic E-state index is 11.4. The minimum absolute atomic E-state index is 0.275. The van der Waals surface area contributed by atoms with E-state index in [-0.39, 0.29) is 5.92 Å². The van der Waals surface area contributed by atoms with E-state index in [0.717, 1.165) is 45.4 Å². The number of imidazole rings is 1. The van der Waals surface area contributed by atoms with E-state index in [1.54, 1.807) is 6.92 Å². The number of carbonyl (C=O) groups excluding carboxylic acids is 1. The number of piperidine rings is 1. The lowest BCUT2D eigenvalue weighted by Crippen LogP contribution is -2.38. The highest BCUT2D eigenvalue weighted by Gasteiger charge is 2.22. The van der Waals surface area contributed by atoms with Gasteiger partial charge in [-0.15, -0.1) is 0 Å². The van der Waals surface area contributed by atoms with Gasteiger partial charge in [0.05, 0.1) is 6.33 Å². The third-order valence-corrected chi connectivity index (χ3v) is 3.53. The van der Waals surface area contributed by atoms with Crippen molar-refractivity contribution < 1.29 is 4.79 Å². The maximum absolute atomic E-state index is 11.4. The molecule has 2 rings (SSSR count). The van der Waals surface area contributed by atoms with E-state index >= 15 is 0 Å². The largest absolute Gasteiger partial charge is 0.337 e. The topological polar surface area (TPSA) is 38.1 Å². The zero-order chi connectivity index (χ0) is 12.1. The zero-order valence-electron chi connectivity index (χ0n) is 10.5. The van der Waals surface area contributed by atoms with Gasteiger partial charge in [0, 0.05) is 31.4 Å². The van der Waals surface area contributed by atoms with E-state index in [9.17, 15) is 4.79 Å². The van der Waals surface area contributed by atoms with Crippen molar-refractivity contribution in [1.82, 2.24) is 14.5 Å². The Morgan fingerprint density at radius 3 is 3.06 bits per heavy atom. The molecular weight excluding hydrogens is 214 g/mol. The van der Waals surface area contributed by atoms with Gasteiger partial charge in [0.15, 0.2) is 0 Å². The molecule has 1 aromatic rings. The predicted molar refractivity (Wildman–Crippen MR) is 66.7 cm³/mol. The molecular formula is C13H21N3O. The van der Waals surface area contributed by atoms with Crippen LogP contribution in [0.3, 0.4) is 0 Å². The summed E-state index contributed by atoms with van der Waals surface area (Å²) in [5.74, 6) is 0.626. The van der Waals surface area contributed by atoms with Crippen LogP contribution in [-0.2, 0) is 11.3 Å². The number of aromatic nitrogens is 2. The zero-order valence-corrected chi connectivity index (χ0v) is 10.5.